The molecule has 1 saturated carbocycles. The number of benzene rings is 1. The molecule has 0 aliphatic heterocycles. The van der Waals surface area contributed by atoms with Crippen LogP contribution >= 0.6 is 11.3 Å². The van der Waals surface area contributed by atoms with E-state index in [1.165, 1.54) is 4.88 Å². The van der Waals surface area contributed by atoms with Crippen LogP contribution in [0.25, 0.3) is 11.3 Å². The monoisotopic (exact) mass is 338 g/mol. The highest BCUT2D eigenvalue weighted by Crippen LogP contribution is 2.29. The van der Waals surface area contributed by atoms with Gasteiger partial charge in [-0.25, -0.2) is 0 Å². The second kappa shape index (κ2) is 6.61. The van der Waals surface area contributed by atoms with Crippen molar-refractivity contribution in [2.45, 2.75) is 25.3 Å². The van der Waals surface area contributed by atoms with Crippen molar-refractivity contribution in [2.24, 2.45) is 0 Å². The first-order valence-corrected chi connectivity index (χ1v) is 9.05. The molecule has 2 heterocycles. The van der Waals surface area contributed by atoms with E-state index in [2.05, 4.69) is 16.6 Å². The molecule has 0 radical (unpaired) electrons. The normalized spacial score (nSPS) is 13.8. The fourth-order valence-corrected chi connectivity index (χ4v) is 3.48. The first kappa shape index (κ1) is 15.1. The minimum absolute atomic E-state index is 0.0278. The molecule has 0 N–H and O–H groups in total. The molecule has 5 heteroatoms. The van der Waals surface area contributed by atoms with Gasteiger partial charge in [0.05, 0.1) is 0 Å². The molecule has 0 bridgehead atoms. The lowest BCUT2D eigenvalue weighted by atomic mass is 10.1. The highest BCUT2D eigenvalue weighted by Gasteiger charge is 2.34. The smallest absolute Gasteiger partial charge is 0.276 e. The van der Waals surface area contributed by atoms with Gasteiger partial charge in [0.1, 0.15) is 0 Å². The Bertz CT molecular complexity index is 807. The van der Waals surface area contributed by atoms with Gasteiger partial charge in [-0.2, -0.15) is 0 Å². The first-order valence-electron chi connectivity index (χ1n) is 8.17. The van der Waals surface area contributed by atoms with Gasteiger partial charge in [-0.05, 0) is 30.7 Å². The molecule has 24 heavy (non-hydrogen) atoms. The maximum Gasteiger partial charge on any atom is 0.276 e. The molecule has 4 nitrogen and oxygen atoms in total. The van der Waals surface area contributed by atoms with E-state index in [0.29, 0.717) is 17.5 Å². The van der Waals surface area contributed by atoms with Crippen LogP contribution in [-0.2, 0) is 6.42 Å². The third-order valence-corrected chi connectivity index (χ3v) is 5.15. The number of thiophene rings is 1. The van der Waals surface area contributed by atoms with Gasteiger partial charge in [-0.15, -0.1) is 11.3 Å². The number of amides is 1. The Morgan fingerprint density at radius 3 is 2.75 bits per heavy atom. The minimum atomic E-state index is -0.0278. The van der Waals surface area contributed by atoms with E-state index in [-0.39, 0.29) is 5.91 Å². The predicted octanol–water partition coefficient (Wildman–Crippen LogP) is 4.25. The number of aromatic nitrogens is 1. The van der Waals surface area contributed by atoms with Crippen molar-refractivity contribution in [1.29, 1.82) is 0 Å². The second-order valence-electron chi connectivity index (χ2n) is 6.00. The van der Waals surface area contributed by atoms with Crippen LogP contribution in [0.2, 0.25) is 0 Å². The summed E-state index contributed by atoms with van der Waals surface area (Å²) >= 11 is 1.73. The Kier molecular flexibility index (Phi) is 4.17. The number of hydrogen-bond acceptors (Lipinski definition) is 4. The summed E-state index contributed by atoms with van der Waals surface area (Å²) in [6.07, 6.45) is 3.06. The van der Waals surface area contributed by atoms with E-state index in [4.69, 9.17) is 4.52 Å². The highest BCUT2D eigenvalue weighted by atomic mass is 32.1. The number of carbonyl (C=O) groups is 1. The molecular weight excluding hydrogens is 320 g/mol. The summed E-state index contributed by atoms with van der Waals surface area (Å²) in [5.74, 6) is 0.605. The summed E-state index contributed by atoms with van der Waals surface area (Å²) in [4.78, 5) is 16.1. The van der Waals surface area contributed by atoms with Gasteiger partial charge in [0.2, 0.25) is 0 Å². The third-order valence-electron chi connectivity index (χ3n) is 4.22. The Labute approximate surface area is 144 Å². The summed E-state index contributed by atoms with van der Waals surface area (Å²) < 4.78 is 5.38. The molecular formula is C19H18N2O2S. The van der Waals surface area contributed by atoms with Crippen molar-refractivity contribution in [2.75, 3.05) is 6.54 Å². The van der Waals surface area contributed by atoms with Crippen molar-refractivity contribution in [3.05, 3.63) is 64.5 Å². The van der Waals surface area contributed by atoms with E-state index in [0.717, 1.165) is 31.4 Å². The van der Waals surface area contributed by atoms with E-state index in [1.54, 1.807) is 17.4 Å². The lowest BCUT2D eigenvalue weighted by molar-refractivity contribution is 0.0735. The van der Waals surface area contributed by atoms with Crippen LogP contribution in [0.3, 0.4) is 0 Å². The van der Waals surface area contributed by atoms with Crippen LogP contribution in [0.15, 0.2) is 58.4 Å². The van der Waals surface area contributed by atoms with Crippen molar-refractivity contribution in [3.8, 4) is 11.3 Å². The molecule has 1 aromatic carbocycles. The van der Waals surface area contributed by atoms with E-state index >= 15 is 0 Å². The lowest BCUT2D eigenvalue weighted by Crippen LogP contribution is -2.35. The number of carbonyl (C=O) groups excluding carboxylic acids is 1. The zero-order valence-electron chi connectivity index (χ0n) is 13.2. The zero-order chi connectivity index (χ0) is 16.4. The SMILES string of the molecule is O=C(c1cc(-c2ccccc2)on1)N(CCc1cccs1)C1CC1. The van der Waals surface area contributed by atoms with E-state index in [1.807, 2.05) is 41.3 Å². The molecule has 0 atom stereocenters. The molecule has 4 rings (SSSR count). The van der Waals surface area contributed by atoms with Crippen molar-refractivity contribution < 1.29 is 9.32 Å². The number of rotatable bonds is 6. The average molecular weight is 338 g/mol. The van der Waals surface area contributed by atoms with Crippen LogP contribution in [0.5, 0.6) is 0 Å². The topological polar surface area (TPSA) is 46.3 Å². The first-order chi connectivity index (χ1) is 11.8. The largest absolute Gasteiger partial charge is 0.355 e. The highest BCUT2D eigenvalue weighted by molar-refractivity contribution is 7.09. The Morgan fingerprint density at radius 2 is 2.04 bits per heavy atom. The summed E-state index contributed by atoms with van der Waals surface area (Å²) in [5.41, 5.74) is 1.33. The maximum atomic E-state index is 12.8. The number of nitrogens with zero attached hydrogens (tertiary/aromatic N) is 2. The van der Waals surface area contributed by atoms with Gasteiger partial charge in [-0.3, -0.25) is 4.79 Å². The van der Waals surface area contributed by atoms with Gasteiger partial charge in [-0.1, -0.05) is 41.6 Å². The van der Waals surface area contributed by atoms with Gasteiger partial charge in [0.15, 0.2) is 11.5 Å². The maximum absolute atomic E-state index is 12.8. The van der Waals surface area contributed by atoms with Gasteiger partial charge < -0.3 is 9.42 Å². The van der Waals surface area contributed by atoms with Crippen LogP contribution in [-0.4, -0.2) is 28.6 Å². The van der Waals surface area contributed by atoms with Gasteiger partial charge in [0, 0.05) is 29.1 Å². The minimum Gasteiger partial charge on any atom is -0.355 e. The van der Waals surface area contributed by atoms with Crippen LogP contribution in [0.1, 0.15) is 28.2 Å². The fraction of sp³-hybridized carbons (Fsp3) is 0.263. The van der Waals surface area contributed by atoms with Gasteiger partial charge in [0.25, 0.3) is 5.91 Å². The van der Waals surface area contributed by atoms with Crippen LogP contribution in [0, 0.1) is 0 Å². The molecule has 3 aromatic rings. The summed E-state index contributed by atoms with van der Waals surface area (Å²) in [7, 11) is 0. The zero-order valence-corrected chi connectivity index (χ0v) is 14.0. The van der Waals surface area contributed by atoms with E-state index < -0.39 is 0 Å². The molecule has 0 saturated heterocycles. The quantitative estimate of drug-likeness (QED) is 0.675. The molecule has 122 valence electrons. The summed E-state index contributed by atoms with van der Waals surface area (Å²) in [6, 6.07) is 16.0. The lowest BCUT2D eigenvalue weighted by Gasteiger charge is -2.20. The van der Waals surface area contributed by atoms with E-state index in [9.17, 15) is 4.79 Å². The fourth-order valence-electron chi connectivity index (χ4n) is 2.78. The van der Waals surface area contributed by atoms with Crippen molar-refractivity contribution >= 4 is 17.2 Å². The number of hydrogen-bond donors (Lipinski definition) is 0. The molecule has 0 unspecified atom stereocenters. The van der Waals surface area contributed by atoms with Crippen molar-refractivity contribution in [1.82, 2.24) is 10.1 Å². The third kappa shape index (κ3) is 3.26. The molecule has 0 spiro atoms. The summed E-state index contributed by atoms with van der Waals surface area (Å²) in [6.45, 7) is 0.734. The molecule has 1 amide bonds. The summed E-state index contributed by atoms with van der Waals surface area (Å²) in [5, 5.41) is 6.08. The average Bonchev–Trinajstić information content (AvgIpc) is 3.13. The van der Waals surface area contributed by atoms with Crippen molar-refractivity contribution in [3.63, 3.8) is 0 Å². The Balaban J connectivity index is 1.49. The van der Waals surface area contributed by atoms with Crippen LogP contribution in [0.4, 0.5) is 0 Å². The Hall–Kier alpha value is -2.40. The molecule has 1 fully saturated rings. The second-order valence-corrected chi connectivity index (χ2v) is 7.03. The Morgan fingerprint density at radius 1 is 1.21 bits per heavy atom. The molecule has 2 aromatic heterocycles. The van der Waals surface area contributed by atoms with Gasteiger partial charge >= 0.3 is 0 Å². The molecule has 1 aliphatic rings. The predicted molar refractivity (Wildman–Crippen MR) is 94.0 cm³/mol. The standard InChI is InChI=1S/C19H18N2O2S/c22-19(17-13-18(23-20-17)14-5-2-1-3-6-14)21(15-8-9-15)11-10-16-7-4-12-24-16/h1-7,12-13,15H,8-11H2. The molecule has 1 aliphatic carbocycles. The van der Waals surface area contributed by atoms with Crippen LogP contribution < -0.4 is 0 Å².